The lowest BCUT2D eigenvalue weighted by Gasteiger charge is -2.08. The minimum atomic E-state index is -0.403. The number of hydrogen-bond acceptors (Lipinski definition) is 4. The normalized spacial score (nSPS) is 13.8. The number of nitrogens with zero attached hydrogens (tertiary/aromatic N) is 2. The molecule has 0 saturated carbocycles. The lowest BCUT2D eigenvalue weighted by molar-refractivity contribution is 0.0531. The molecule has 2 heterocycles. The average Bonchev–Trinajstić information content (AvgIpc) is 3.04. The fourth-order valence-electron chi connectivity index (χ4n) is 2.10. The number of allylic oxidation sites excluding steroid dienone is 3. The van der Waals surface area contributed by atoms with Gasteiger partial charge in [-0.2, -0.15) is 0 Å². The Hall–Kier alpha value is -2.21. The SMILES string of the molecule is O=C(OCC1=CC=CCC1)c1cnc(-c2ccc(Br)nc2)[nH]1. The van der Waals surface area contributed by atoms with Crippen LogP contribution in [0.25, 0.3) is 11.4 Å². The summed E-state index contributed by atoms with van der Waals surface area (Å²) < 4.78 is 6.05. The van der Waals surface area contributed by atoms with Gasteiger partial charge >= 0.3 is 5.97 Å². The van der Waals surface area contributed by atoms with Gasteiger partial charge in [0.25, 0.3) is 0 Å². The number of pyridine rings is 1. The zero-order valence-corrected chi connectivity index (χ0v) is 13.3. The summed E-state index contributed by atoms with van der Waals surface area (Å²) in [6, 6.07) is 3.68. The first kappa shape index (κ1) is 14.7. The van der Waals surface area contributed by atoms with Crippen molar-refractivity contribution in [3.05, 3.63) is 58.6 Å². The van der Waals surface area contributed by atoms with Crippen LogP contribution in [0.4, 0.5) is 0 Å². The van der Waals surface area contributed by atoms with E-state index in [0.29, 0.717) is 18.1 Å². The minimum Gasteiger partial charge on any atom is -0.456 e. The summed E-state index contributed by atoms with van der Waals surface area (Å²) in [4.78, 5) is 23.3. The van der Waals surface area contributed by atoms with Crippen LogP contribution < -0.4 is 0 Å². The van der Waals surface area contributed by atoms with Gasteiger partial charge < -0.3 is 9.72 Å². The molecule has 112 valence electrons. The third-order valence-corrected chi connectivity index (χ3v) is 3.75. The van der Waals surface area contributed by atoms with Crippen LogP contribution in [0, 0.1) is 0 Å². The Morgan fingerprint density at radius 1 is 1.32 bits per heavy atom. The maximum absolute atomic E-state index is 12.0. The molecule has 0 unspecified atom stereocenters. The lowest BCUT2D eigenvalue weighted by Crippen LogP contribution is -2.09. The van der Waals surface area contributed by atoms with Gasteiger partial charge in [0.15, 0.2) is 0 Å². The second-order valence-corrected chi connectivity index (χ2v) is 5.70. The Morgan fingerprint density at radius 2 is 2.23 bits per heavy atom. The van der Waals surface area contributed by atoms with Crippen LogP contribution in [0.1, 0.15) is 23.3 Å². The first-order valence-corrected chi connectivity index (χ1v) is 7.70. The van der Waals surface area contributed by atoms with Crippen LogP contribution >= 0.6 is 15.9 Å². The minimum absolute atomic E-state index is 0.317. The van der Waals surface area contributed by atoms with Crippen molar-refractivity contribution in [2.75, 3.05) is 6.61 Å². The number of ether oxygens (including phenoxy) is 1. The standard InChI is InChI=1S/C16H14BrN3O2/c17-14-7-6-12(8-18-14)15-19-9-13(20-15)16(21)22-10-11-4-2-1-3-5-11/h1-2,4,6-9H,3,5,10H2,(H,19,20). The number of hydrogen-bond donors (Lipinski definition) is 1. The molecule has 0 saturated heterocycles. The maximum Gasteiger partial charge on any atom is 0.356 e. The Kier molecular flexibility index (Phi) is 4.48. The zero-order valence-electron chi connectivity index (χ0n) is 11.8. The Morgan fingerprint density at radius 3 is 2.95 bits per heavy atom. The number of carbonyl (C=O) groups is 1. The van der Waals surface area contributed by atoms with Crippen molar-refractivity contribution in [1.82, 2.24) is 15.0 Å². The number of halogens is 1. The van der Waals surface area contributed by atoms with Crippen molar-refractivity contribution in [2.45, 2.75) is 12.8 Å². The fraction of sp³-hybridized carbons (Fsp3) is 0.188. The molecule has 1 N–H and O–H groups in total. The van der Waals surface area contributed by atoms with Crippen molar-refractivity contribution in [2.24, 2.45) is 0 Å². The zero-order chi connectivity index (χ0) is 15.4. The predicted octanol–water partition coefficient (Wildman–Crippen LogP) is 3.67. The molecule has 0 spiro atoms. The summed E-state index contributed by atoms with van der Waals surface area (Å²) in [5.74, 6) is 0.186. The third-order valence-electron chi connectivity index (χ3n) is 3.29. The van der Waals surface area contributed by atoms with E-state index in [1.54, 1.807) is 6.20 Å². The van der Waals surface area contributed by atoms with Crippen LogP contribution in [-0.4, -0.2) is 27.5 Å². The van der Waals surface area contributed by atoms with Crippen molar-refractivity contribution < 1.29 is 9.53 Å². The number of esters is 1. The molecule has 0 atom stereocenters. The summed E-state index contributed by atoms with van der Waals surface area (Å²) in [7, 11) is 0. The molecular formula is C16H14BrN3O2. The Balaban J connectivity index is 1.65. The van der Waals surface area contributed by atoms with E-state index in [1.807, 2.05) is 24.3 Å². The van der Waals surface area contributed by atoms with Gasteiger partial charge in [-0.15, -0.1) is 0 Å². The highest BCUT2D eigenvalue weighted by atomic mass is 79.9. The van der Waals surface area contributed by atoms with Gasteiger partial charge in [-0.25, -0.2) is 14.8 Å². The summed E-state index contributed by atoms with van der Waals surface area (Å²) in [5, 5.41) is 0. The van der Waals surface area contributed by atoms with E-state index in [1.165, 1.54) is 6.20 Å². The van der Waals surface area contributed by atoms with Gasteiger partial charge in [0.2, 0.25) is 0 Å². The van der Waals surface area contributed by atoms with E-state index in [-0.39, 0.29) is 0 Å². The fourth-order valence-corrected chi connectivity index (χ4v) is 2.33. The van der Waals surface area contributed by atoms with E-state index in [0.717, 1.165) is 28.6 Å². The first-order valence-electron chi connectivity index (χ1n) is 6.91. The number of carbonyl (C=O) groups excluding carboxylic acids is 1. The molecule has 3 rings (SSSR count). The molecule has 0 radical (unpaired) electrons. The highest BCUT2D eigenvalue weighted by Crippen LogP contribution is 2.17. The number of aromatic amines is 1. The van der Waals surface area contributed by atoms with Gasteiger partial charge in [0.05, 0.1) is 6.20 Å². The van der Waals surface area contributed by atoms with E-state index in [4.69, 9.17) is 4.74 Å². The molecule has 0 bridgehead atoms. The summed E-state index contributed by atoms with van der Waals surface area (Å²) >= 11 is 3.28. The largest absolute Gasteiger partial charge is 0.456 e. The van der Waals surface area contributed by atoms with E-state index < -0.39 is 5.97 Å². The van der Waals surface area contributed by atoms with Gasteiger partial charge in [-0.3, -0.25) is 0 Å². The molecule has 2 aromatic rings. The van der Waals surface area contributed by atoms with Crippen molar-refractivity contribution in [3.63, 3.8) is 0 Å². The molecule has 1 aliphatic rings. The average molecular weight is 360 g/mol. The number of nitrogens with one attached hydrogen (secondary N) is 1. The molecular weight excluding hydrogens is 346 g/mol. The van der Waals surface area contributed by atoms with Crippen molar-refractivity contribution >= 4 is 21.9 Å². The molecule has 1 aliphatic carbocycles. The maximum atomic E-state index is 12.0. The molecule has 0 aliphatic heterocycles. The molecule has 0 aromatic carbocycles. The summed E-state index contributed by atoms with van der Waals surface area (Å²) in [6.45, 7) is 0.317. The first-order chi connectivity index (χ1) is 10.7. The van der Waals surface area contributed by atoms with E-state index >= 15 is 0 Å². The smallest absolute Gasteiger partial charge is 0.356 e. The van der Waals surface area contributed by atoms with Crippen molar-refractivity contribution in [1.29, 1.82) is 0 Å². The summed E-state index contributed by atoms with van der Waals surface area (Å²) in [5.41, 5.74) is 2.26. The molecule has 22 heavy (non-hydrogen) atoms. The lowest BCUT2D eigenvalue weighted by atomic mass is 10.1. The second-order valence-electron chi connectivity index (χ2n) is 4.88. The van der Waals surface area contributed by atoms with Crippen LogP contribution in [0.5, 0.6) is 0 Å². The van der Waals surface area contributed by atoms with Gasteiger partial charge in [0.1, 0.15) is 22.7 Å². The van der Waals surface area contributed by atoms with Gasteiger partial charge in [-0.05, 0) is 46.5 Å². The van der Waals surface area contributed by atoms with Crippen LogP contribution in [0.15, 0.2) is 52.9 Å². The number of H-pyrrole nitrogens is 1. The third kappa shape index (κ3) is 3.51. The summed E-state index contributed by atoms with van der Waals surface area (Å²) in [6.07, 6.45) is 11.2. The number of imidazole rings is 1. The van der Waals surface area contributed by atoms with E-state index in [2.05, 4.69) is 37.0 Å². The number of aromatic nitrogens is 3. The number of rotatable bonds is 4. The molecule has 0 fully saturated rings. The molecule has 0 amide bonds. The Bertz CT molecular complexity index is 732. The van der Waals surface area contributed by atoms with Crippen LogP contribution in [0.2, 0.25) is 0 Å². The monoisotopic (exact) mass is 359 g/mol. The molecule has 6 heteroatoms. The topological polar surface area (TPSA) is 67.9 Å². The van der Waals surface area contributed by atoms with Crippen molar-refractivity contribution in [3.8, 4) is 11.4 Å². The molecule has 5 nitrogen and oxygen atoms in total. The van der Waals surface area contributed by atoms with Gasteiger partial charge in [0, 0.05) is 11.8 Å². The molecule has 2 aromatic heterocycles. The van der Waals surface area contributed by atoms with Gasteiger partial charge in [-0.1, -0.05) is 18.2 Å². The van der Waals surface area contributed by atoms with Crippen LogP contribution in [0.3, 0.4) is 0 Å². The Labute approximate surface area is 136 Å². The predicted molar refractivity (Wildman–Crippen MR) is 86.3 cm³/mol. The highest BCUT2D eigenvalue weighted by Gasteiger charge is 2.13. The van der Waals surface area contributed by atoms with Crippen LogP contribution in [-0.2, 0) is 4.74 Å². The quantitative estimate of drug-likeness (QED) is 0.667. The van der Waals surface area contributed by atoms with E-state index in [9.17, 15) is 4.79 Å². The second kappa shape index (κ2) is 6.70. The highest BCUT2D eigenvalue weighted by molar-refractivity contribution is 9.10.